The van der Waals surface area contributed by atoms with Crippen LogP contribution in [0.2, 0.25) is 0 Å². The molecule has 0 aliphatic carbocycles. The van der Waals surface area contributed by atoms with E-state index in [0.717, 1.165) is 31.6 Å². The Balaban J connectivity index is 1.57. The van der Waals surface area contributed by atoms with Gasteiger partial charge < -0.3 is 10.2 Å². The number of fused-ring (bicyclic) bond motifs is 1. The van der Waals surface area contributed by atoms with Gasteiger partial charge in [0.25, 0.3) is 11.1 Å². The van der Waals surface area contributed by atoms with E-state index in [0.29, 0.717) is 23.5 Å². The van der Waals surface area contributed by atoms with E-state index in [9.17, 15) is 9.59 Å². The molecule has 27 heavy (non-hydrogen) atoms. The quantitative estimate of drug-likeness (QED) is 0.675. The van der Waals surface area contributed by atoms with Gasteiger partial charge in [-0.15, -0.1) is 0 Å². The summed E-state index contributed by atoms with van der Waals surface area (Å²) in [5.74, 6) is 1.24. The number of aromatic amines is 1. The summed E-state index contributed by atoms with van der Waals surface area (Å²) >= 11 is 0. The minimum absolute atomic E-state index is 0.126. The average Bonchev–Trinajstić information content (AvgIpc) is 3.05. The third kappa shape index (κ3) is 3.29. The highest BCUT2D eigenvalue weighted by Gasteiger charge is 2.24. The third-order valence-electron chi connectivity index (χ3n) is 4.96. The number of hydrogen-bond donors (Lipinski definition) is 2. The van der Waals surface area contributed by atoms with Crippen LogP contribution in [0.25, 0.3) is 11.0 Å². The van der Waals surface area contributed by atoms with E-state index in [-0.39, 0.29) is 17.2 Å². The van der Waals surface area contributed by atoms with E-state index in [2.05, 4.69) is 30.5 Å². The van der Waals surface area contributed by atoms with E-state index in [4.69, 9.17) is 0 Å². The molecule has 3 aromatic heterocycles. The Morgan fingerprint density at radius 3 is 2.89 bits per heavy atom. The Morgan fingerprint density at radius 1 is 1.26 bits per heavy atom. The van der Waals surface area contributed by atoms with Gasteiger partial charge in [0.15, 0.2) is 5.65 Å². The largest absolute Gasteiger partial charge is 0.353 e. The van der Waals surface area contributed by atoms with Crippen LogP contribution in [0.15, 0.2) is 27.9 Å². The maximum absolute atomic E-state index is 12.5. The fourth-order valence-electron chi connectivity index (χ4n) is 3.54. The van der Waals surface area contributed by atoms with Crippen LogP contribution in [0.1, 0.15) is 19.3 Å². The highest BCUT2D eigenvalue weighted by atomic mass is 16.1. The Morgan fingerprint density at radius 2 is 2.11 bits per heavy atom. The number of H-pyrrole nitrogens is 1. The number of anilines is 2. The second-order valence-corrected chi connectivity index (χ2v) is 6.84. The molecule has 1 fully saturated rings. The molecule has 0 saturated carbocycles. The van der Waals surface area contributed by atoms with Crippen LogP contribution in [-0.2, 0) is 14.1 Å². The lowest BCUT2D eigenvalue weighted by Crippen LogP contribution is -2.45. The zero-order valence-corrected chi connectivity index (χ0v) is 15.3. The predicted octanol–water partition coefficient (Wildman–Crippen LogP) is 0.221. The summed E-state index contributed by atoms with van der Waals surface area (Å²) in [4.78, 5) is 30.5. The van der Waals surface area contributed by atoms with E-state index in [1.54, 1.807) is 31.0 Å². The minimum atomic E-state index is -0.215. The first-order chi connectivity index (χ1) is 13.0. The van der Waals surface area contributed by atoms with Crippen LogP contribution >= 0.6 is 0 Å². The molecule has 0 spiro atoms. The number of hydrogen-bond acceptors (Lipinski definition) is 7. The molecular formula is C17H22N8O2. The van der Waals surface area contributed by atoms with E-state index < -0.39 is 0 Å². The predicted molar refractivity (Wildman–Crippen MR) is 102 cm³/mol. The van der Waals surface area contributed by atoms with Gasteiger partial charge in [0, 0.05) is 45.5 Å². The molecule has 4 heterocycles. The van der Waals surface area contributed by atoms with Gasteiger partial charge in [-0.3, -0.25) is 18.8 Å². The molecule has 1 saturated heterocycles. The van der Waals surface area contributed by atoms with Crippen LogP contribution in [0, 0.1) is 0 Å². The zero-order valence-electron chi connectivity index (χ0n) is 15.3. The number of nitrogens with one attached hydrogen (secondary N) is 2. The van der Waals surface area contributed by atoms with Crippen molar-refractivity contribution in [3.63, 3.8) is 0 Å². The van der Waals surface area contributed by atoms with Crippen molar-refractivity contribution in [1.29, 1.82) is 0 Å². The van der Waals surface area contributed by atoms with Gasteiger partial charge in [0.1, 0.15) is 11.2 Å². The second kappa shape index (κ2) is 6.86. The lowest BCUT2D eigenvalue weighted by molar-refractivity contribution is 0.466. The van der Waals surface area contributed by atoms with Crippen molar-refractivity contribution in [2.45, 2.75) is 25.3 Å². The molecule has 0 amide bonds. The Kier molecular flexibility index (Phi) is 4.38. The van der Waals surface area contributed by atoms with Crippen LogP contribution in [-0.4, -0.2) is 48.7 Å². The monoisotopic (exact) mass is 370 g/mol. The SMILES string of the molecule is Cn1cc2c(=O)n(C)c(NCC3CCCCN3c3ccc(=O)[nH]n3)nc2n1. The van der Waals surface area contributed by atoms with E-state index in [1.807, 2.05) is 0 Å². The van der Waals surface area contributed by atoms with Crippen molar-refractivity contribution in [3.8, 4) is 0 Å². The number of aryl methyl sites for hydroxylation is 1. The van der Waals surface area contributed by atoms with E-state index >= 15 is 0 Å². The molecule has 2 N–H and O–H groups in total. The average molecular weight is 370 g/mol. The molecule has 1 aliphatic heterocycles. The first-order valence-corrected chi connectivity index (χ1v) is 8.99. The van der Waals surface area contributed by atoms with Crippen molar-refractivity contribution in [3.05, 3.63) is 39.0 Å². The number of rotatable bonds is 4. The maximum Gasteiger partial charge on any atom is 0.265 e. The summed E-state index contributed by atoms with van der Waals surface area (Å²) in [7, 11) is 3.47. The van der Waals surface area contributed by atoms with Crippen molar-refractivity contribution in [2.24, 2.45) is 14.1 Å². The highest BCUT2D eigenvalue weighted by Crippen LogP contribution is 2.22. The van der Waals surface area contributed by atoms with Gasteiger partial charge in [0.2, 0.25) is 5.95 Å². The summed E-state index contributed by atoms with van der Waals surface area (Å²) in [6, 6.07) is 3.42. The first-order valence-electron chi connectivity index (χ1n) is 8.99. The smallest absolute Gasteiger partial charge is 0.265 e. The van der Waals surface area contributed by atoms with Crippen molar-refractivity contribution >= 4 is 22.8 Å². The topological polar surface area (TPSA) is 114 Å². The lowest BCUT2D eigenvalue weighted by atomic mass is 10.0. The van der Waals surface area contributed by atoms with Gasteiger partial charge >= 0.3 is 0 Å². The molecule has 4 rings (SSSR count). The molecular weight excluding hydrogens is 348 g/mol. The minimum Gasteiger partial charge on any atom is -0.353 e. The molecule has 1 aliphatic rings. The molecule has 0 radical (unpaired) electrons. The van der Waals surface area contributed by atoms with E-state index in [1.165, 1.54) is 10.6 Å². The molecule has 1 atom stereocenters. The summed E-state index contributed by atoms with van der Waals surface area (Å²) in [5.41, 5.74) is 0.0950. The summed E-state index contributed by atoms with van der Waals surface area (Å²) in [6.45, 7) is 1.48. The zero-order chi connectivity index (χ0) is 19.0. The molecule has 3 aromatic rings. The number of aromatic nitrogens is 6. The van der Waals surface area contributed by atoms with Gasteiger partial charge in [-0.2, -0.15) is 15.2 Å². The first kappa shape index (κ1) is 17.3. The van der Waals surface area contributed by atoms with Crippen LogP contribution < -0.4 is 21.3 Å². The molecule has 10 nitrogen and oxygen atoms in total. The van der Waals surface area contributed by atoms with Gasteiger partial charge in [-0.25, -0.2) is 5.10 Å². The molecule has 10 heteroatoms. The van der Waals surface area contributed by atoms with Crippen LogP contribution in [0.3, 0.4) is 0 Å². The standard InChI is InChI=1S/C17H22N8O2/c1-23-10-12-15(22-23)19-17(24(2)16(12)27)18-9-11-5-3-4-8-25(11)13-6-7-14(26)21-20-13/h6-7,10-11H,3-5,8-9H2,1-2H3,(H,21,26)(H,18,19,22). The number of piperidine rings is 1. The normalized spacial score (nSPS) is 17.4. The molecule has 0 bridgehead atoms. The molecule has 0 aromatic carbocycles. The Bertz CT molecular complexity index is 1060. The summed E-state index contributed by atoms with van der Waals surface area (Å²) < 4.78 is 3.10. The van der Waals surface area contributed by atoms with Crippen molar-refractivity contribution in [2.75, 3.05) is 23.3 Å². The number of nitrogens with zero attached hydrogens (tertiary/aromatic N) is 6. The lowest BCUT2D eigenvalue weighted by Gasteiger charge is -2.36. The van der Waals surface area contributed by atoms with Crippen LogP contribution in [0.5, 0.6) is 0 Å². The summed E-state index contributed by atoms with van der Waals surface area (Å²) in [6.07, 6.45) is 4.87. The van der Waals surface area contributed by atoms with Gasteiger partial charge in [-0.05, 0) is 25.3 Å². The fraction of sp³-hybridized carbons (Fsp3) is 0.471. The third-order valence-corrected chi connectivity index (χ3v) is 4.96. The second-order valence-electron chi connectivity index (χ2n) is 6.84. The molecule has 142 valence electrons. The fourth-order valence-corrected chi connectivity index (χ4v) is 3.54. The highest BCUT2D eigenvalue weighted by molar-refractivity contribution is 5.74. The van der Waals surface area contributed by atoms with Gasteiger partial charge in [-0.1, -0.05) is 0 Å². The Labute approximate surface area is 154 Å². The Hall–Kier alpha value is -3.17. The molecule has 1 unspecified atom stereocenters. The summed E-state index contributed by atoms with van der Waals surface area (Å²) in [5, 5.41) is 14.7. The van der Waals surface area contributed by atoms with Gasteiger partial charge in [0.05, 0.1) is 0 Å². The van der Waals surface area contributed by atoms with Crippen molar-refractivity contribution in [1.82, 2.24) is 29.5 Å². The van der Waals surface area contributed by atoms with Crippen molar-refractivity contribution < 1.29 is 0 Å². The van der Waals surface area contributed by atoms with Crippen LogP contribution in [0.4, 0.5) is 11.8 Å². The maximum atomic E-state index is 12.5.